The molecule has 0 amide bonds. The van der Waals surface area contributed by atoms with E-state index in [1.807, 2.05) is 0 Å². The van der Waals surface area contributed by atoms with E-state index in [1.165, 1.54) is 19.3 Å². The molecular formula is C10H22N2. The van der Waals surface area contributed by atoms with Gasteiger partial charge in [-0.25, -0.2) is 0 Å². The molecule has 1 fully saturated rings. The smallest absolute Gasteiger partial charge is 0.0459 e. The Morgan fingerprint density at radius 1 is 1.17 bits per heavy atom. The molecule has 0 saturated carbocycles. The predicted octanol–water partition coefficient (Wildman–Crippen LogP) is 1.72. The Morgan fingerprint density at radius 2 is 1.83 bits per heavy atom. The molecule has 0 radical (unpaired) electrons. The zero-order valence-corrected chi connectivity index (χ0v) is 8.56. The molecule has 0 bridgehead atoms. The maximum Gasteiger partial charge on any atom is 0.0459 e. The molecule has 0 aromatic heterocycles. The Labute approximate surface area is 76.1 Å². The fourth-order valence-corrected chi connectivity index (χ4v) is 2.27. The van der Waals surface area contributed by atoms with E-state index in [1.54, 1.807) is 0 Å². The molecule has 2 atom stereocenters. The molecule has 12 heavy (non-hydrogen) atoms. The number of nitrogens with one attached hydrogen (secondary N) is 2. The van der Waals surface area contributed by atoms with Crippen LogP contribution in [0.4, 0.5) is 0 Å². The second kappa shape index (κ2) is 4.83. The molecule has 1 aliphatic heterocycles. The van der Waals surface area contributed by atoms with Gasteiger partial charge in [0.05, 0.1) is 0 Å². The van der Waals surface area contributed by atoms with Crippen LogP contribution in [0.3, 0.4) is 0 Å². The van der Waals surface area contributed by atoms with Crippen LogP contribution in [0, 0.1) is 5.92 Å². The summed E-state index contributed by atoms with van der Waals surface area (Å²) in [6.07, 6.45) is 3.84. The highest BCUT2D eigenvalue weighted by Gasteiger charge is 2.29. The van der Waals surface area contributed by atoms with Crippen LogP contribution in [0.15, 0.2) is 0 Å². The van der Waals surface area contributed by atoms with Gasteiger partial charge in [-0.3, -0.25) is 5.32 Å². The van der Waals surface area contributed by atoms with Crippen molar-refractivity contribution in [2.75, 3.05) is 6.67 Å². The second-order valence-electron chi connectivity index (χ2n) is 3.70. The van der Waals surface area contributed by atoms with Crippen molar-refractivity contribution in [1.29, 1.82) is 0 Å². The van der Waals surface area contributed by atoms with Gasteiger partial charge in [-0.15, -0.1) is 0 Å². The molecule has 1 heterocycles. The lowest BCUT2D eigenvalue weighted by Crippen LogP contribution is -2.39. The van der Waals surface area contributed by atoms with Gasteiger partial charge in [0.25, 0.3) is 0 Å². The Morgan fingerprint density at radius 3 is 2.33 bits per heavy atom. The number of hydrogen-bond donors (Lipinski definition) is 2. The molecule has 2 heteroatoms. The van der Waals surface area contributed by atoms with Gasteiger partial charge in [-0.1, -0.05) is 33.6 Å². The molecule has 2 unspecified atom stereocenters. The third-order valence-corrected chi connectivity index (χ3v) is 3.13. The fraction of sp³-hybridized carbons (Fsp3) is 1.00. The maximum atomic E-state index is 3.55. The first-order chi connectivity index (χ1) is 5.83. The normalized spacial score (nSPS) is 30.0. The van der Waals surface area contributed by atoms with Crippen molar-refractivity contribution < 1.29 is 0 Å². The minimum absolute atomic E-state index is 0.704. The molecule has 0 aliphatic carbocycles. The van der Waals surface area contributed by atoms with E-state index in [0.29, 0.717) is 12.1 Å². The van der Waals surface area contributed by atoms with Gasteiger partial charge >= 0.3 is 0 Å². The fourth-order valence-electron chi connectivity index (χ4n) is 2.27. The minimum Gasteiger partial charge on any atom is -0.300 e. The van der Waals surface area contributed by atoms with E-state index in [2.05, 4.69) is 31.4 Å². The van der Waals surface area contributed by atoms with E-state index in [4.69, 9.17) is 0 Å². The zero-order chi connectivity index (χ0) is 8.97. The van der Waals surface area contributed by atoms with Gasteiger partial charge in [0, 0.05) is 18.8 Å². The molecule has 0 spiro atoms. The highest BCUT2D eigenvalue weighted by atomic mass is 15.2. The largest absolute Gasteiger partial charge is 0.300 e. The monoisotopic (exact) mass is 170 g/mol. The summed E-state index contributed by atoms with van der Waals surface area (Å²) in [7, 11) is 0. The van der Waals surface area contributed by atoms with Crippen LogP contribution in [-0.2, 0) is 0 Å². The van der Waals surface area contributed by atoms with Crippen LogP contribution in [0.5, 0.6) is 0 Å². The summed E-state index contributed by atoms with van der Waals surface area (Å²) in [5, 5.41) is 7.04. The van der Waals surface area contributed by atoms with Crippen molar-refractivity contribution in [2.45, 2.75) is 52.1 Å². The van der Waals surface area contributed by atoms with Gasteiger partial charge in [-0.05, 0) is 12.3 Å². The van der Waals surface area contributed by atoms with Crippen molar-refractivity contribution in [3.05, 3.63) is 0 Å². The molecule has 0 aromatic rings. The molecule has 1 saturated heterocycles. The van der Waals surface area contributed by atoms with Crippen molar-refractivity contribution in [3.8, 4) is 0 Å². The maximum absolute atomic E-state index is 3.55. The molecular weight excluding hydrogens is 148 g/mol. The summed E-state index contributed by atoms with van der Waals surface area (Å²) >= 11 is 0. The van der Waals surface area contributed by atoms with Gasteiger partial charge in [0.15, 0.2) is 0 Å². The SMILES string of the molecule is CCC(CC)C1NCNC1CC. The molecule has 0 aromatic carbocycles. The highest BCUT2D eigenvalue weighted by molar-refractivity contribution is 4.90. The van der Waals surface area contributed by atoms with Gasteiger partial charge in [0.2, 0.25) is 0 Å². The molecule has 72 valence electrons. The lowest BCUT2D eigenvalue weighted by molar-refractivity contribution is 0.329. The zero-order valence-electron chi connectivity index (χ0n) is 8.56. The van der Waals surface area contributed by atoms with Gasteiger partial charge in [0.1, 0.15) is 0 Å². The molecule has 1 aliphatic rings. The first-order valence-corrected chi connectivity index (χ1v) is 5.30. The third-order valence-electron chi connectivity index (χ3n) is 3.13. The van der Waals surface area contributed by atoms with Crippen LogP contribution in [0.2, 0.25) is 0 Å². The Balaban J connectivity index is 2.47. The highest BCUT2D eigenvalue weighted by Crippen LogP contribution is 2.19. The van der Waals surface area contributed by atoms with Crippen LogP contribution < -0.4 is 10.6 Å². The van der Waals surface area contributed by atoms with E-state index in [9.17, 15) is 0 Å². The average molecular weight is 170 g/mol. The third kappa shape index (κ3) is 1.99. The second-order valence-corrected chi connectivity index (χ2v) is 3.70. The average Bonchev–Trinajstić information content (AvgIpc) is 2.55. The van der Waals surface area contributed by atoms with Crippen molar-refractivity contribution >= 4 is 0 Å². The van der Waals surface area contributed by atoms with Gasteiger partial charge < -0.3 is 5.32 Å². The Hall–Kier alpha value is -0.0800. The number of rotatable bonds is 4. The Kier molecular flexibility index (Phi) is 4.02. The lowest BCUT2D eigenvalue weighted by atomic mass is 9.89. The first-order valence-electron chi connectivity index (χ1n) is 5.30. The quantitative estimate of drug-likeness (QED) is 0.671. The summed E-state index contributed by atoms with van der Waals surface area (Å²) < 4.78 is 0. The van der Waals surface area contributed by atoms with Gasteiger partial charge in [-0.2, -0.15) is 0 Å². The topological polar surface area (TPSA) is 24.1 Å². The summed E-state index contributed by atoms with van der Waals surface area (Å²) in [6.45, 7) is 7.85. The van der Waals surface area contributed by atoms with E-state index in [0.717, 1.165) is 12.6 Å². The first kappa shape index (κ1) is 10.0. The van der Waals surface area contributed by atoms with Crippen molar-refractivity contribution in [1.82, 2.24) is 10.6 Å². The predicted molar refractivity (Wildman–Crippen MR) is 53.1 cm³/mol. The minimum atomic E-state index is 0.704. The van der Waals surface area contributed by atoms with Crippen molar-refractivity contribution in [2.24, 2.45) is 5.92 Å². The summed E-state index contributed by atoms with van der Waals surface area (Å²) in [5.74, 6) is 0.852. The Bertz CT molecular complexity index is 121. The van der Waals surface area contributed by atoms with Crippen LogP contribution >= 0.6 is 0 Å². The molecule has 1 rings (SSSR count). The summed E-state index contributed by atoms with van der Waals surface area (Å²) in [6, 6.07) is 1.42. The summed E-state index contributed by atoms with van der Waals surface area (Å²) in [4.78, 5) is 0. The van der Waals surface area contributed by atoms with E-state index in [-0.39, 0.29) is 0 Å². The van der Waals surface area contributed by atoms with Crippen LogP contribution in [0.25, 0.3) is 0 Å². The standard InChI is InChI=1S/C10H22N2/c1-4-8(5-2)10-9(6-3)11-7-12-10/h8-12H,4-7H2,1-3H3. The van der Waals surface area contributed by atoms with Crippen molar-refractivity contribution in [3.63, 3.8) is 0 Å². The lowest BCUT2D eigenvalue weighted by Gasteiger charge is -2.25. The molecule has 2 nitrogen and oxygen atoms in total. The summed E-state index contributed by atoms with van der Waals surface area (Å²) in [5.41, 5.74) is 0. The van der Waals surface area contributed by atoms with E-state index < -0.39 is 0 Å². The number of hydrogen-bond acceptors (Lipinski definition) is 2. The molecule has 2 N–H and O–H groups in total. The van der Waals surface area contributed by atoms with E-state index >= 15 is 0 Å². The van der Waals surface area contributed by atoms with Crippen LogP contribution in [0.1, 0.15) is 40.0 Å². The van der Waals surface area contributed by atoms with Crippen LogP contribution in [-0.4, -0.2) is 18.8 Å².